The predicted molar refractivity (Wildman–Crippen MR) is 82.2 cm³/mol. The SMILES string of the molecule is Cc1ccc(Br)cc1S(=O)(=O)N(C)CC1CCOCC1. The average molecular weight is 362 g/mol. The van der Waals surface area contributed by atoms with Gasteiger partial charge in [-0.15, -0.1) is 0 Å². The summed E-state index contributed by atoms with van der Waals surface area (Å²) in [6, 6.07) is 5.34. The van der Waals surface area contributed by atoms with Crippen molar-refractivity contribution < 1.29 is 13.2 Å². The molecule has 0 bridgehead atoms. The van der Waals surface area contributed by atoms with Gasteiger partial charge in [-0.25, -0.2) is 12.7 Å². The lowest BCUT2D eigenvalue weighted by molar-refractivity contribution is 0.0620. The van der Waals surface area contributed by atoms with Gasteiger partial charge in [0, 0.05) is 31.3 Å². The van der Waals surface area contributed by atoms with Gasteiger partial charge in [0.2, 0.25) is 10.0 Å². The molecule has 4 nitrogen and oxygen atoms in total. The van der Waals surface area contributed by atoms with E-state index in [4.69, 9.17) is 4.74 Å². The third-order valence-corrected chi connectivity index (χ3v) is 6.15. The van der Waals surface area contributed by atoms with Crippen LogP contribution in [-0.2, 0) is 14.8 Å². The monoisotopic (exact) mass is 361 g/mol. The second kappa shape index (κ2) is 6.56. The minimum atomic E-state index is -3.43. The van der Waals surface area contributed by atoms with Gasteiger partial charge >= 0.3 is 0 Å². The molecule has 20 heavy (non-hydrogen) atoms. The fourth-order valence-corrected chi connectivity index (χ4v) is 4.42. The summed E-state index contributed by atoms with van der Waals surface area (Å²) in [5.74, 6) is 0.385. The van der Waals surface area contributed by atoms with Gasteiger partial charge in [-0.05, 0) is 43.4 Å². The Balaban J connectivity index is 2.18. The molecule has 1 aromatic carbocycles. The van der Waals surface area contributed by atoms with Gasteiger partial charge in [0.05, 0.1) is 4.90 Å². The summed E-state index contributed by atoms with van der Waals surface area (Å²) in [6.45, 7) is 3.84. The molecule has 2 rings (SSSR count). The highest BCUT2D eigenvalue weighted by Gasteiger charge is 2.26. The van der Waals surface area contributed by atoms with E-state index in [9.17, 15) is 8.42 Å². The molecule has 1 aliphatic heterocycles. The maximum absolute atomic E-state index is 12.7. The first-order valence-electron chi connectivity index (χ1n) is 6.71. The zero-order valence-electron chi connectivity index (χ0n) is 11.8. The number of halogens is 1. The van der Waals surface area contributed by atoms with Crippen molar-refractivity contribution in [3.63, 3.8) is 0 Å². The molecule has 0 amide bonds. The zero-order valence-corrected chi connectivity index (χ0v) is 14.2. The Morgan fingerprint density at radius 2 is 2.00 bits per heavy atom. The molecule has 0 aliphatic carbocycles. The Bertz CT molecular complexity index is 568. The lowest BCUT2D eigenvalue weighted by Gasteiger charge is -2.27. The van der Waals surface area contributed by atoms with Crippen LogP contribution in [-0.4, -0.2) is 39.5 Å². The van der Waals surface area contributed by atoms with E-state index >= 15 is 0 Å². The van der Waals surface area contributed by atoms with Gasteiger partial charge < -0.3 is 4.74 Å². The fraction of sp³-hybridized carbons (Fsp3) is 0.571. The number of aryl methyl sites for hydroxylation is 1. The molecular formula is C14H20BrNO3S. The molecule has 1 aromatic rings. The van der Waals surface area contributed by atoms with Gasteiger partial charge in [0.15, 0.2) is 0 Å². The lowest BCUT2D eigenvalue weighted by atomic mass is 10.0. The summed E-state index contributed by atoms with van der Waals surface area (Å²) in [4.78, 5) is 0.376. The second-order valence-electron chi connectivity index (χ2n) is 5.25. The van der Waals surface area contributed by atoms with Gasteiger partial charge in [0.25, 0.3) is 0 Å². The molecular weight excluding hydrogens is 342 g/mol. The molecule has 1 heterocycles. The molecule has 112 valence electrons. The van der Waals surface area contributed by atoms with Crippen LogP contribution in [0.1, 0.15) is 18.4 Å². The first-order chi connectivity index (χ1) is 9.41. The van der Waals surface area contributed by atoms with E-state index in [-0.39, 0.29) is 0 Å². The van der Waals surface area contributed by atoms with Gasteiger partial charge in [-0.3, -0.25) is 0 Å². The quantitative estimate of drug-likeness (QED) is 0.828. The average Bonchev–Trinajstić information content (AvgIpc) is 2.42. The molecule has 6 heteroatoms. The van der Waals surface area contributed by atoms with E-state index in [2.05, 4.69) is 15.9 Å². The molecule has 0 saturated carbocycles. The number of rotatable bonds is 4. The van der Waals surface area contributed by atoms with Crippen LogP contribution >= 0.6 is 15.9 Å². The van der Waals surface area contributed by atoms with Gasteiger partial charge in [-0.2, -0.15) is 0 Å². The number of hydrogen-bond acceptors (Lipinski definition) is 3. The number of nitrogens with zero attached hydrogens (tertiary/aromatic N) is 1. The summed E-state index contributed by atoms with van der Waals surface area (Å²) in [5.41, 5.74) is 0.770. The van der Waals surface area contributed by atoms with Crippen LogP contribution in [0, 0.1) is 12.8 Å². The fourth-order valence-electron chi connectivity index (χ4n) is 2.41. The van der Waals surface area contributed by atoms with Crippen LogP contribution in [0.3, 0.4) is 0 Å². The van der Waals surface area contributed by atoms with E-state index in [0.29, 0.717) is 17.4 Å². The highest BCUT2D eigenvalue weighted by atomic mass is 79.9. The summed E-state index contributed by atoms with van der Waals surface area (Å²) in [6.07, 6.45) is 1.86. The van der Waals surface area contributed by atoms with Crippen molar-refractivity contribution in [2.24, 2.45) is 5.92 Å². The Kier molecular flexibility index (Phi) is 5.23. The Morgan fingerprint density at radius 3 is 2.65 bits per heavy atom. The first-order valence-corrected chi connectivity index (χ1v) is 8.95. The van der Waals surface area contributed by atoms with E-state index in [1.807, 2.05) is 19.1 Å². The van der Waals surface area contributed by atoms with Crippen molar-refractivity contribution in [3.8, 4) is 0 Å². The minimum absolute atomic E-state index is 0.376. The van der Waals surface area contributed by atoms with Gasteiger partial charge in [0.1, 0.15) is 0 Å². The van der Waals surface area contributed by atoms with E-state index < -0.39 is 10.0 Å². The molecule has 0 unspecified atom stereocenters. The lowest BCUT2D eigenvalue weighted by Crippen LogP contribution is -2.34. The van der Waals surface area contributed by atoms with Crippen molar-refractivity contribution in [2.75, 3.05) is 26.8 Å². The number of benzene rings is 1. The molecule has 1 fully saturated rings. The molecule has 0 radical (unpaired) electrons. The first kappa shape index (κ1) is 15.9. The highest BCUT2D eigenvalue weighted by molar-refractivity contribution is 9.10. The zero-order chi connectivity index (χ0) is 14.8. The van der Waals surface area contributed by atoms with E-state index in [0.717, 1.165) is 36.1 Å². The van der Waals surface area contributed by atoms with E-state index in [1.54, 1.807) is 13.1 Å². The van der Waals surface area contributed by atoms with Crippen molar-refractivity contribution >= 4 is 26.0 Å². The largest absolute Gasteiger partial charge is 0.381 e. The van der Waals surface area contributed by atoms with Crippen molar-refractivity contribution in [1.29, 1.82) is 0 Å². The van der Waals surface area contributed by atoms with Crippen LogP contribution < -0.4 is 0 Å². The normalized spacial score (nSPS) is 17.6. The Labute approximate surface area is 129 Å². The maximum Gasteiger partial charge on any atom is 0.243 e. The van der Waals surface area contributed by atoms with Crippen LogP contribution in [0.25, 0.3) is 0 Å². The number of sulfonamides is 1. The molecule has 1 aliphatic rings. The summed E-state index contributed by atoms with van der Waals surface area (Å²) in [7, 11) is -1.77. The Morgan fingerprint density at radius 1 is 1.35 bits per heavy atom. The third-order valence-electron chi connectivity index (χ3n) is 3.69. The van der Waals surface area contributed by atoms with Crippen LogP contribution in [0.4, 0.5) is 0 Å². The van der Waals surface area contributed by atoms with E-state index in [1.165, 1.54) is 4.31 Å². The summed E-state index contributed by atoms with van der Waals surface area (Å²) < 4.78 is 32.9. The van der Waals surface area contributed by atoms with Crippen LogP contribution in [0.15, 0.2) is 27.6 Å². The number of ether oxygens (including phenoxy) is 1. The summed E-state index contributed by atoms with van der Waals surface area (Å²) >= 11 is 3.34. The molecule has 0 atom stereocenters. The second-order valence-corrected chi connectivity index (χ2v) is 8.18. The number of hydrogen-bond donors (Lipinski definition) is 0. The minimum Gasteiger partial charge on any atom is -0.381 e. The highest BCUT2D eigenvalue weighted by Crippen LogP contribution is 2.25. The molecule has 0 N–H and O–H groups in total. The van der Waals surface area contributed by atoms with Crippen LogP contribution in [0.2, 0.25) is 0 Å². The Hall–Kier alpha value is -0.430. The topological polar surface area (TPSA) is 46.6 Å². The summed E-state index contributed by atoms with van der Waals surface area (Å²) in [5, 5.41) is 0. The molecule has 0 spiro atoms. The van der Waals surface area contributed by atoms with Crippen molar-refractivity contribution in [2.45, 2.75) is 24.7 Å². The third kappa shape index (κ3) is 3.61. The van der Waals surface area contributed by atoms with Crippen LogP contribution in [0.5, 0.6) is 0 Å². The van der Waals surface area contributed by atoms with Crippen molar-refractivity contribution in [3.05, 3.63) is 28.2 Å². The standard InChI is InChI=1S/C14H20BrNO3S/c1-11-3-4-13(15)9-14(11)20(17,18)16(2)10-12-5-7-19-8-6-12/h3-4,9,12H,5-8,10H2,1-2H3. The molecule has 1 saturated heterocycles. The maximum atomic E-state index is 12.7. The van der Waals surface area contributed by atoms with Gasteiger partial charge in [-0.1, -0.05) is 22.0 Å². The van der Waals surface area contributed by atoms with Crippen molar-refractivity contribution in [1.82, 2.24) is 4.31 Å². The smallest absolute Gasteiger partial charge is 0.243 e. The molecule has 0 aromatic heterocycles. The predicted octanol–water partition coefficient (Wildman–Crippen LogP) is 2.80.